The van der Waals surface area contributed by atoms with E-state index >= 15 is 0 Å². The number of carbonyl (C=O) groups is 2. The van der Waals surface area contributed by atoms with Crippen molar-refractivity contribution in [2.75, 3.05) is 33.4 Å². The number of thiophene rings is 1. The number of likely N-dealkylation sites (tertiary alicyclic amines) is 1. The first kappa shape index (κ1) is 20.5. The van der Waals surface area contributed by atoms with E-state index in [1.807, 2.05) is 4.90 Å². The zero-order chi connectivity index (χ0) is 20.3. The lowest BCUT2D eigenvalue weighted by Crippen LogP contribution is -2.41. The minimum Gasteiger partial charge on any atom is -0.383 e. The van der Waals surface area contributed by atoms with Gasteiger partial charge in [-0.3, -0.25) is 19.0 Å². The van der Waals surface area contributed by atoms with Crippen molar-refractivity contribution in [2.45, 2.75) is 33.2 Å². The summed E-state index contributed by atoms with van der Waals surface area (Å²) in [5.41, 5.74) is 0.314. The van der Waals surface area contributed by atoms with Gasteiger partial charge in [0.15, 0.2) is 0 Å². The molecule has 2 aromatic rings. The zero-order valence-corrected chi connectivity index (χ0v) is 17.3. The Labute approximate surface area is 167 Å². The highest BCUT2D eigenvalue weighted by Gasteiger charge is 2.23. The molecular weight excluding hydrogens is 380 g/mol. The van der Waals surface area contributed by atoms with E-state index < -0.39 is 0 Å². The SMILES string of the molecule is COCCNC(=O)c1sc2ncn(CC(=O)N3CCC(C)CC3)c(=O)c2c1C. The molecule has 1 aliphatic rings. The van der Waals surface area contributed by atoms with Gasteiger partial charge in [-0.15, -0.1) is 11.3 Å². The van der Waals surface area contributed by atoms with Crippen molar-refractivity contribution < 1.29 is 14.3 Å². The van der Waals surface area contributed by atoms with Crippen molar-refractivity contribution in [1.29, 1.82) is 0 Å². The molecule has 3 rings (SSSR count). The molecule has 0 radical (unpaired) electrons. The molecule has 1 fully saturated rings. The number of hydrogen-bond acceptors (Lipinski definition) is 6. The average Bonchev–Trinajstić information content (AvgIpc) is 3.02. The van der Waals surface area contributed by atoms with E-state index in [1.165, 1.54) is 22.2 Å². The largest absolute Gasteiger partial charge is 0.383 e. The fourth-order valence-electron chi connectivity index (χ4n) is 3.34. The molecule has 0 spiro atoms. The van der Waals surface area contributed by atoms with Gasteiger partial charge in [0.1, 0.15) is 11.4 Å². The minimum absolute atomic E-state index is 0.0270. The fourth-order valence-corrected chi connectivity index (χ4v) is 4.39. The van der Waals surface area contributed by atoms with Gasteiger partial charge in [-0.1, -0.05) is 6.92 Å². The molecule has 0 aliphatic carbocycles. The highest BCUT2D eigenvalue weighted by atomic mass is 32.1. The Balaban J connectivity index is 1.81. The number of ether oxygens (including phenoxy) is 1. The Morgan fingerprint density at radius 3 is 2.75 bits per heavy atom. The molecule has 8 nitrogen and oxygen atoms in total. The summed E-state index contributed by atoms with van der Waals surface area (Å²) in [5, 5.41) is 3.17. The summed E-state index contributed by atoms with van der Waals surface area (Å²) in [6, 6.07) is 0. The maximum absolute atomic E-state index is 12.9. The first-order chi connectivity index (χ1) is 13.4. The number of nitrogens with one attached hydrogen (secondary N) is 1. The summed E-state index contributed by atoms with van der Waals surface area (Å²) in [4.78, 5) is 45.0. The maximum atomic E-state index is 12.9. The highest BCUT2D eigenvalue weighted by Crippen LogP contribution is 2.26. The van der Waals surface area contributed by atoms with Crippen LogP contribution in [0.25, 0.3) is 10.2 Å². The molecule has 28 heavy (non-hydrogen) atoms. The van der Waals surface area contributed by atoms with Crippen molar-refractivity contribution in [2.24, 2.45) is 5.92 Å². The third kappa shape index (κ3) is 4.25. The van der Waals surface area contributed by atoms with Crippen LogP contribution in [0.5, 0.6) is 0 Å². The molecule has 0 atom stereocenters. The molecule has 9 heteroatoms. The van der Waals surface area contributed by atoms with Gasteiger partial charge in [-0.25, -0.2) is 4.98 Å². The Bertz CT molecular complexity index is 928. The number of methoxy groups -OCH3 is 1. The average molecular weight is 407 g/mol. The van der Waals surface area contributed by atoms with Crippen molar-refractivity contribution in [3.63, 3.8) is 0 Å². The van der Waals surface area contributed by atoms with Gasteiger partial charge >= 0.3 is 0 Å². The molecular formula is C19H26N4O4S. The molecule has 152 valence electrons. The van der Waals surface area contributed by atoms with Crippen LogP contribution >= 0.6 is 11.3 Å². The van der Waals surface area contributed by atoms with Crippen LogP contribution in [0.3, 0.4) is 0 Å². The van der Waals surface area contributed by atoms with Crippen LogP contribution in [0.1, 0.15) is 35.0 Å². The number of amides is 2. The number of piperidine rings is 1. The van der Waals surface area contributed by atoms with Crippen molar-refractivity contribution in [3.8, 4) is 0 Å². The lowest BCUT2D eigenvalue weighted by molar-refractivity contribution is -0.133. The number of hydrogen-bond donors (Lipinski definition) is 1. The molecule has 0 bridgehead atoms. The van der Waals surface area contributed by atoms with E-state index in [-0.39, 0.29) is 23.9 Å². The van der Waals surface area contributed by atoms with Crippen LogP contribution in [0.2, 0.25) is 0 Å². The molecule has 2 amide bonds. The third-order valence-electron chi connectivity index (χ3n) is 5.16. The second-order valence-corrected chi connectivity index (χ2v) is 8.23. The van der Waals surface area contributed by atoms with Gasteiger partial charge < -0.3 is 15.0 Å². The molecule has 2 aromatic heterocycles. The minimum atomic E-state index is -0.284. The zero-order valence-electron chi connectivity index (χ0n) is 16.5. The molecule has 0 saturated carbocycles. The van der Waals surface area contributed by atoms with Gasteiger partial charge in [0.05, 0.1) is 23.2 Å². The lowest BCUT2D eigenvalue weighted by Gasteiger charge is -2.30. The highest BCUT2D eigenvalue weighted by molar-refractivity contribution is 7.20. The topological polar surface area (TPSA) is 93.5 Å². The van der Waals surface area contributed by atoms with E-state index in [0.29, 0.717) is 39.7 Å². The van der Waals surface area contributed by atoms with E-state index in [9.17, 15) is 14.4 Å². The number of rotatable bonds is 6. The first-order valence-electron chi connectivity index (χ1n) is 9.45. The molecule has 3 heterocycles. The Hall–Kier alpha value is -2.26. The first-order valence-corrected chi connectivity index (χ1v) is 10.3. The van der Waals surface area contributed by atoms with E-state index in [2.05, 4.69) is 17.2 Å². The van der Waals surface area contributed by atoms with Gasteiger partial charge in [-0.2, -0.15) is 0 Å². The summed E-state index contributed by atoms with van der Waals surface area (Å²) in [6.45, 7) is 6.17. The van der Waals surface area contributed by atoms with E-state index in [4.69, 9.17) is 4.74 Å². The van der Waals surface area contributed by atoms with Crippen LogP contribution in [0.4, 0.5) is 0 Å². The second-order valence-electron chi connectivity index (χ2n) is 7.23. The van der Waals surface area contributed by atoms with Crippen molar-refractivity contribution in [1.82, 2.24) is 19.8 Å². The molecule has 1 saturated heterocycles. The lowest BCUT2D eigenvalue weighted by atomic mass is 9.99. The maximum Gasteiger partial charge on any atom is 0.262 e. The van der Waals surface area contributed by atoms with Gasteiger partial charge in [-0.05, 0) is 31.2 Å². The standard InChI is InChI=1S/C19H26N4O4S/c1-12-4-7-22(8-5-12)14(24)10-23-11-21-18-15(19(23)26)13(2)16(28-18)17(25)20-6-9-27-3/h11-12H,4-10H2,1-3H3,(H,20,25). The summed E-state index contributed by atoms with van der Waals surface area (Å²) < 4.78 is 6.27. The second kappa shape index (κ2) is 8.83. The number of aromatic nitrogens is 2. The quantitative estimate of drug-likeness (QED) is 0.732. The van der Waals surface area contributed by atoms with Crippen molar-refractivity contribution in [3.05, 3.63) is 27.1 Å². The molecule has 1 N–H and O–H groups in total. The van der Waals surface area contributed by atoms with Gasteiger partial charge in [0, 0.05) is 26.7 Å². The third-order valence-corrected chi connectivity index (χ3v) is 6.36. The van der Waals surface area contributed by atoms with Crippen LogP contribution in [0.15, 0.2) is 11.1 Å². The van der Waals surface area contributed by atoms with Crippen LogP contribution in [-0.2, 0) is 16.1 Å². The van der Waals surface area contributed by atoms with Crippen LogP contribution in [-0.4, -0.2) is 59.6 Å². The van der Waals surface area contributed by atoms with E-state index in [0.717, 1.165) is 25.9 Å². The van der Waals surface area contributed by atoms with E-state index in [1.54, 1.807) is 14.0 Å². The van der Waals surface area contributed by atoms with Gasteiger partial charge in [0.25, 0.3) is 11.5 Å². The Kier molecular flexibility index (Phi) is 6.46. The Morgan fingerprint density at radius 1 is 1.36 bits per heavy atom. The number of fused-ring (bicyclic) bond motifs is 1. The summed E-state index contributed by atoms with van der Waals surface area (Å²) >= 11 is 1.19. The summed E-state index contributed by atoms with van der Waals surface area (Å²) in [7, 11) is 1.56. The number of aryl methyl sites for hydroxylation is 1. The number of nitrogens with zero attached hydrogens (tertiary/aromatic N) is 3. The summed E-state index contributed by atoms with van der Waals surface area (Å²) in [6.07, 6.45) is 3.38. The normalized spacial score (nSPS) is 15.2. The predicted octanol–water partition coefficient (Wildman–Crippen LogP) is 1.40. The smallest absolute Gasteiger partial charge is 0.262 e. The number of carbonyl (C=O) groups excluding carboxylic acids is 2. The van der Waals surface area contributed by atoms with Gasteiger partial charge in [0.2, 0.25) is 5.91 Å². The summed E-state index contributed by atoms with van der Waals surface area (Å²) in [5.74, 6) is 0.314. The van der Waals surface area contributed by atoms with Crippen LogP contribution < -0.4 is 10.9 Å². The fraction of sp³-hybridized carbons (Fsp3) is 0.579. The molecule has 1 aliphatic heterocycles. The molecule has 0 aromatic carbocycles. The Morgan fingerprint density at radius 2 is 2.07 bits per heavy atom. The predicted molar refractivity (Wildman–Crippen MR) is 108 cm³/mol. The van der Waals surface area contributed by atoms with Crippen molar-refractivity contribution >= 4 is 33.4 Å². The molecule has 0 unspecified atom stereocenters. The van der Waals surface area contributed by atoms with Crippen LogP contribution in [0, 0.1) is 12.8 Å². The monoisotopic (exact) mass is 406 g/mol.